The number of aromatic hydroxyl groups is 3. The topological polar surface area (TPSA) is 108 Å². The third-order valence-corrected chi connectivity index (χ3v) is 1.91. The van der Waals surface area contributed by atoms with Gasteiger partial charge in [-0.25, -0.2) is 0 Å². The highest BCUT2D eigenvalue weighted by molar-refractivity contribution is 5.48. The van der Waals surface area contributed by atoms with Gasteiger partial charge >= 0.3 is 0 Å². The molecule has 5 nitrogen and oxygen atoms in total. The first-order valence-corrected chi connectivity index (χ1v) is 4.11. The summed E-state index contributed by atoms with van der Waals surface area (Å²) in [6, 6.07) is 5.59. The molecule has 0 amide bonds. The Morgan fingerprint density at radius 3 is 2.07 bits per heavy atom. The lowest BCUT2D eigenvalue weighted by Crippen LogP contribution is -1.98. The van der Waals surface area contributed by atoms with Crippen LogP contribution in [0.3, 0.4) is 0 Å². The molecule has 3 N–H and O–H groups in total. The Balaban J connectivity index is 3.02. The van der Waals surface area contributed by atoms with Crippen LogP contribution in [-0.4, -0.2) is 15.3 Å². The summed E-state index contributed by atoms with van der Waals surface area (Å²) in [5, 5.41) is 44.6. The molecule has 0 fully saturated rings. The summed E-state index contributed by atoms with van der Waals surface area (Å²) in [5.41, 5.74) is 0.249. The molecule has 76 valence electrons. The van der Waals surface area contributed by atoms with Crippen LogP contribution in [0.2, 0.25) is 0 Å². The quantitative estimate of drug-likeness (QED) is 0.492. The van der Waals surface area contributed by atoms with Crippen LogP contribution in [0.5, 0.6) is 17.2 Å². The third-order valence-electron chi connectivity index (χ3n) is 1.91. The first kappa shape index (κ1) is 10.7. The number of hydrogen-bond donors (Lipinski definition) is 3. The van der Waals surface area contributed by atoms with E-state index in [4.69, 9.17) is 20.7 Å². The van der Waals surface area contributed by atoms with Crippen molar-refractivity contribution in [1.82, 2.24) is 0 Å². The van der Waals surface area contributed by atoms with Gasteiger partial charge in [0.2, 0.25) is 0 Å². The molecule has 0 atom stereocenters. The highest BCUT2D eigenvalue weighted by atomic mass is 16.3. The zero-order chi connectivity index (χ0) is 11.4. The predicted octanol–water partition coefficient (Wildman–Crippen LogP) is 1.01. The standard InChI is InChI=1S/C10H8N2O3/c11-4-6(5-12)1-7-2-9(14)10(15)3-8(7)13/h2-3,6,13-15H,1H2. The average Bonchev–Trinajstić information content (AvgIpc) is 2.21. The maximum absolute atomic E-state index is 9.37. The van der Waals surface area contributed by atoms with Gasteiger partial charge in [0.1, 0.15) is 11.7 Å². The van der Waals surface area contributed by atoms with Gasteiger partial charge in [-0.2, -0.15) is 10.5 Å². The van der Waals surface area contributed by atoms with Gasteiger partial charge in [0, 0.05) is 18.1 Å². The highest BCUT2D eigenvalue weighted by Crippen LogP contribution is 2.33. The molecule has 0 aromatic heterocycles. The number of hydrogen-bond acceptors (Lipinski definition) is 5. The number of phenolic OH excluding ortho intramolecular Hbond substituents is 3. The molecular formula is C10H8N2O3. The number of phenols is 3. The summed E-state index contributed by atoms with van der Waals surface area (Å²) in [7, 11) is 0. The van der Waals surface area contributed by atoms with Gasteiger partial charge < -0.3 is 15.3 Å². The lowest BCUT2D eigenvalue weighted by Gasteiger charge is -2.06. The number of nitrogens with zero attached hydrogens (tertiary/aromatic N) is 2. The molecule has 0 saturated heterocycles. The van der Waals surface area contributed by atoms with E-state index in [9.17, 15) is 5.11 Å². The van der Waals surface area contributed by atoms with Crippen molar-refractivity contribution in [2.24, 2.45) is 5.92 Å². The Morgan fingerprint density at radius 2 is 1.53 bits per heavy atom. The van der Waals surface area contributed by atoms with Crippen molar-refractivity contribution in [2.75, 3.05) is 0 Å². The van der Waals surface area contributed by atoms with Crippen molar-refractivity contribution in [3.8, 4) is 29.4 Å². The summed E-state index contributed by atoms with van der Waals surface area (Å²) in [6.07, 6.45) is 0.00662. The van der Waals surface area contributed by atoms with Gasteiger partial charge in [0.15, 0.2) is 11.5 Å². The first-order valence-electron chi connectivity index (χ1n) is 4.11. The van der Waals surface area contributed by atoms with Crippen molar-refractivity contribution >= 4 is 0 Å². The Bertz CT molecular complexity index is 443. The van der Waals surface area contributed by atoms with Crippen LogP contribution in [0.25, 0.3) is 0 Å². The van der Waals surface area contributed by atoms with E-state index in [-0.39, 0.29) is 17.7 Å². The number of nitriles is 2. The Labute approximate surface area is 86.1 Å². The minimum atomic E-state index is -0.889. The van der Waals surface area contributed by atoms with E-state index in [1.54, 1.807) is 12.1 Å². The minimum absolute atomic E-state index is 0.00662. The van der Waals surface area contributed by atoms with E-state index in [1.165, 1.54) is 0 Å². The van der Waals surface area contributed by atoms with Crippen LogP contribution in [0.1, 0.15) is 5.56 Å². The van der Waals surface area contributed by atoms with Crippen LogP contribution in [0.4, 0.5) is 0 Å². The van der Waals surface area contributed by atoms with E-state index >= 15 is 0 Å². The fourth-order valence-corrected chi connectivity index (χ4v) is 1.11. The Morgan fingerprint density at radius 1 is 1.00 bits per heavy atom. The number of benzene rings is 1. The van der Waals surface area contributed by atoms with E-state index in [0.717, 1.165) is 12.1 Å². The summed E-state index contributed by atoms with van der Waals surface area (Å²) >= 11 is 0. The fourth-order valence-electron chi connectivity index (χ4n) is 1.11. The lowest BCUT2D eigenvalue weighted by molar-refractivity contribution is 0.394. The van der Waals surface area contributed by atoms with Gasteiger partial charge in [-0.15, -0.1) is 0 Å². The van der Waals surface area contributed by atoms with E-state index in [0.29, 0.717) is 0 Å². The molecule has 0 aliphatic heterocycles. The molecule has 1 rings (SSSR count). The molecule has 0 spiro atoms. The van der Waals surface area contributed by atoms with E-state index in [2.05, 4.69) is 0 Å². The van der Waals surface area contributed by atoms with Crippen molar-refractivity contribution in [3.63, 3.8) is 0 Å². The van der Waals surface area contributed by atoms with Crippen LogP contribution in [-0.2, 0) is 6.42 Å². The van der Waals surface area contributed by atoms with Crippen molar-refractivity contribution in [1.29, 1.82) is 10.5 Å². The smallest absolute Gasteiger partial charge is 0.161 e. The molecule has 5 heteroatoms. The van der Waals surface area contributed by atoms with E-state index < -0.39 is 17.4 Å². The van der Waals surface area contributed by atoms with Crippen LogP contribution >= 0.6 is 0 Å². The normalized spacial score (nSPS) is 9.53. The summed E-state index contributed by atoms with van der Waals surface area (Å²) in [4.78, 5) is 0. The molecule has 1 aromatic rings. The largest absolute Gasteiger partial charge is 0.508 e. The molecule has 0 heterocycles. The second-order valence-electron chi connectivity index (χ2n) is 2.98. The van der Waals surface area contributed by atoms with Crippen molar-refractivity contribution in [2.45, 2.75) is 6.42 Å². The second-order valence-corrected chi connectivity index (χ2v) is 2.98. The zero-order valence-electron chi connectivity index (χ0n) is 7.68. The molecule has 0 radical (unpaired) electrons. The number of rotatable bonds is 2. The third kappa shape index (κ3) is 2.29. The van der Waals surface area contributed by atoms with Gasteiger partial charge in [-0.05, 0) is 6.07 Å². The fraction of sp³-hybridized carbons (Fsp3) is 0.200. The molecule has 0 saturated carbocycles. The summed E-state index contributed by atoms with van der Waals surface area (Å²) in [6.45, 7) is 0. The summed E-state index contributed by atoms with van der Waals surface area (Å²) < 4.78 is 0. The van der Waals surface area contributed by atoms with Crippen molar-refractivity contribution < 1.29 is 15.3 Å². The molecule has 0 aliphatic carbocycles. The maximum Gasteiger partial charge on any atom is 0.161 e. The molecule has 0 bridgehead atoms. The predicted molar refractivity (Wildman–Crippen MR) is 49.9 cm³/mol. The molecule has 0 unspecified atom stereocenters. The summed E-state index contributed by atoms with van der Waals surface area (Å²) in [5.74, 6) is -1.97. The van der Waals surface area contributed by atoms with E-state index in [1.807, 2.05) is 0 Å². The maximum atomic E-state index is 9.37. The molecule has 1 aromatic carbocycles. The molecule has 0 aliphatic rings. The Kier molecular flexibility index (Phi) is 3.00. The second kappa shape index (κ2) is 4.21. The van der Waals surface area contributed by atoms with Gasteiger partial charge in [0.25, 0.3) is 0 Å². The van der Waals surface area contributed by atoms with Crippen LogP contribution in [0, 0.1) is 28.6 Å². The van der Waals surface area contributed by atoms with Gasteiger partial charge in [-0.3, -0.25) is 0 Å². The van der Waals surface area contributed by atoms with Crippen molar-refractivity contribution in [3.05, 3.63) is 17.7 Å². The monoisotopic (exact) mass is 204 g/mol. The van der Waals surface area contributed by atoms with Crippen LogP contribution < -0.4 is 0 Å². The first-order chi connectivity index (χ1) is 7.08. The SMILES string of the molecule is N#CC(C#N)Cc1cc(O)c(O)cc1O. The molecule has 15 heavy (non-hydrogen) atoms. The molecular weight excluding hydrogens is 196 g/mol. The average molecular weight is 204 g/mol. The van der Waals surface area contributed by atoms with Gasteiger partial charge in [-0.1, -0.05) is 0 Å². The highest BCUT2D eigenvalue weighted by Gasteiger charge is 2.13. The minimum Gasteiger partial charge on any atom is -0.508 e. The van der Waals surface area contributed by atoms with Gasteiger partial charge in [0.05, 0.1) is 12.1 Å². The zero-order valence-corrected chi connectivity index (χ0v) is 7.68. The lowest BCUT2D eigenvalue weighted by atomic mass is 10.0. The Hall–Kier alpha value is -2.40. The van der Waals surface area contributed by atoms with Crippen LogP contribution in [0.15, 0.2) is 12.1 Å².